The maximum Gasteiger partial charge on any atom is 0.251 e. The van der Waals surface area contributed by atoms with Gasteiger partial charge in [-0.15, -0.1) is 22.7 Å². The molecule has 29 heavy (non-hydrogen) atoms. The Morgan fingerprint density at radius 2 is 1.90 bits per heavy atom. The molecule has 0 saturated heterocycles. The molecule has 0 aliphatic rings. The van der Waals surface area contributed by atoms with Crippen molar-refractivity contribution in [2.24, 2.45) is 0 Å². The third kappa shape index (κ3) is 6.46. The molecule has 1 aromatic carbocycles. The maximum atomic E-state index is 12.4. The van der Waals surface area contributed by atoms with Gasteiger partial charge in [-0.25, -0.2) is 18.1 Å². The van der Waals surface area contributed by atoms with Gasteiger partial charge in [-0.05, 0) is 61.9 Å². The van der Waals surface area contributed by atoms with E-state index in [2.05, 4.69) is 15.0 Å². The van der Waals surface area contributed by atoms with Gasteiger partial charge < -0.3 is 5.32 Å². The van der Waals surface area contributed by atoms with Crippen molar-refractivity contribution in [2.75, 3.05) is 6.54 Å². The molecule has 0 atom stereocenters. The number of rotatable bonds is 10. The number of thiophene rings is 1. The highest BCUT2D eigenvalue weighted by molar-refractivity contribution is 7.89. The van der Waals surface area contributed by atoms with Gasteiger partial charge in [0.05, 0.1) is 9.90 Å². The highest BCUT2D eigenvalue weighted by atomic mass is 32.2. The Hall–Kier alpha value is -2.07. The van der Waals surface area contributed by atoms with Crippen LogP contribution in [0.15, 0.2) is 52.1 Å². The Labute approximate surface area is 179 Å². The van der Waals surface area contributed by atoms with E-state index in [4.69, 9.17) is 0 Å². The molecule has 3 aromatic rings. The van der Waals surface area contributed by atoms with Gasteiger partial charge >= 0.3 is 0 Å². The van der Waals surface area contributed by atoms with Crippen LogP contribution in [0.4, 0.5) is 0 Å². The van der Waals surface area contributed by atoms with Crippen LogP contribution in [0, 0.1) is 6.92 Å². The lowest BCUT2D eigenvalue weighted by Gasteiger charge is -2.08. The molecule has 2 heterocycles. The minimum Gasteiger partial charge on any atom is -0.352 e. The van der Waals surface area contributed by atoms with Gasteiger partial charge in [0.1, 0.15) is 0 Å². The summed E-state index contributed by atoms with van der Waals surface area (Å²) in [5.74, 6) is -0.203. The van der Waals surface area contributed by atoms with Gasteiger partial charge in [0.15, 0.2) is 0 Å². The molecule has 9 heteroatoms. The summed E-state index contributed by atoms with van der Waals surface area (Å²) in [4.78, 5) is 17.7. The quantitative estimate of drug-likeness (QED) is 0.462. The highest BCUT2D eigenvalue weighted by Crippen LogP contribution is 2.14. The molecule has 2 N–H and O–H groups in total. The number of thiazole rings is 1. The van der Waals surface area contributed by atoms with Crippen molar-refractivity contribution in [2.45, 2.75) is 37.6 Å². The summed E-state index contributed by atoms with van der Waals surface area (Å²) in [5, 5.41) is 7.94. The van der Waals surface area contributed by atoms with Crippen molar-refractivity contribution in [1.82, 2.24) is 15.0 Å². The van der Waals surface area contributed by atoms with E-state index in [0.29, 0.717) is 12.1 Å². The smallest absolute Gasteiger partial charge is 0.251 e. The Balaban J connectivity index is 1.44. The van der Waals surface area contributed by atoms with Crippen molar-refractivity contribution in [3.05, 3.63) is 68.3 Å². The number of sulfonamides is 1. The Bertz CT molecular complexity index is 1030. The summed E-state index contributed by atoms with van der Waals surface area (Å²) in [6.45, 7) is 2.81. The number of amides is 1. The lowest BCUT2D eigenvalue weighted by atomic mass is 10.2. The number of aryl methyl sites for hydroxylation is 2. The average Bonchev–Trinajstić information content (AvgIpc) is 3.38. The van der Waals surface area contributed by atoms with Gasteiger partial charge in [-0.2, -0.15) is 0 Å². The molecule has 1 amide bonds. The van der Waals surface area contributed by atoms with Crippen LogP contribution in [0.3, 0.4) is 0 Å². The second-order valence-electron chi connectivity index (χ2n) is 6.52. The number of carbonyl (C=O) groups excluding carboxylic acids is 1. The molecule has 0 aliphatic heterocycles. The number of hydrogen-bond donors (Lipinski definition) is 2. The van der Waals surface area contributed by atoms with E-state index >= 15 is 0 Å². The van der Waals surface area contributed by atoms with Gasteiger partial charge in [-0.3, -0.25) is 4.79 Å². The van der Waals surface area contributed by atoms with E-state index in [0.717, 1.165) is 34.8 Å². The number of carbonyl (C=O) groups is 1. The van der Waals surface area contributed by atoms with Crippen LogP contribution in [0.25, 0.3) is 0 Å². The summed E-state index contributed by atoms with van der Waals surface area (Å²) in [7, 11) is -3.61. The lowest BCUT2D eigenvalue weighted by molar-refractivity contribution is 0.0953. The molecule has 3 rings (SSSR count). The average molecular weight is 450 g/mol. The lowest BCUT2D eigenvalue weighted by Crippen LogP contribution is -2.25. The van der Waals surface area contributed by atoms with E-state index < -0.39 is 10.0 Å². The van der Waals surface area contributed by atoms with Gasteiger partial charge in [0.25, 0.3) is 5.91 Å². The van der Waals surface area contributed by atoms with Gasteiger partial charge in [-0.1, -0.05) is 6.07 Å². The fourth-order valence-corrected chi connectivity index (χ4v) is 5.23. The molecule has 0 aliphatic carbocycles. The summed E-state index contributed by atoms with van der Waals surface area (Å²) in [5.41, 5.74) is 1.49. The maximum absolute atomic E-state index is 12.4. The van der Waals surface area contributed by atoms with Crippen molar-refractivity contribution < 1.29 is 13.2 Å². The second-order valence-corrected chi connectivity index (χ2v) is 10.3. The third-order valence-electron chi connectivity index (χ3n) is 4.21. The fourth-order valence-electron chi connectivity index (χ4n) is 2.67. The summed E-state index contributed by atoms with van der Waals surface area (Å²) in [6, 6.07) is 9.73. The number of unbranched alkanes of at least 4 members (excludes halogenated alkanes) is 1. The molecule has 2 aromatic heterocycles. The van der Waals surface area contributed by atoms with Crippen molar-refractivity contribution in [3.63, 3.8) is 0 Å². The van der Waals surface area contributed by atoms with E-state index in [1.165, 1.54) is 35.6 Å². The number of benzene rings is 1. The normalized spacial score (nSPS) is 11.5. The fraction of sp³-hybridized carbons (Fsp3) is 0.300. The first-order chi connectivity index (χ1) is 13.9. The van der Waals surface area contributed by atoms with Crippen molar-refractivity contribution in [3.8, 4) is 0 Å². The van der Waals surface area contributed by atoms with Crippen LogP contribution in [0.2, 0.25) is 0 Å². The SMILES string of the molecule is Cc1csc(CCCCNC(=O)c2ccc(S(=O)(=O)NCc3cccs3)cc2)n1. The van der Waals surface area contributed by atoms with Gasteiger partial charge in [0, 0.05) is 34.6 Å². The largest absolute Gasteiger partial charge is 0.352 e. The number of nitrogens with one attached hydrogen (secondary N) is 2. The first-order valence-electron chi connectivity index (χ1n) is 9.25. The van der Waals surface area contributed by atoms with E-state index in [9.17, 15) is 13.2 Å². The van der Waals surface area contributed by atoms with Crippen LogP contribution in [0.1, 0.15) is 38.8 Å². The molecule has 0 fully saturated rings. The monoisotopic (exact) mass is 449 g/mol. The standard InChI is InChI=1S/C20H23N3O3S3/c1-15-14-28-19(23-15)6-2-3-11-21-20(24)16-7-9-18(10-8-16)29(25,26)22-13-17-5-4-12-27-17/h4-5,7-10,12,14,22H,2-3,6,11,13H2,1H3,(H,21,24). The first kappa shape index (κ1) is 21.6. The van der Waals surface area contributed by atoms with Crippen LogP contribution in [0.5, 0.6) is 0 Å². The van der Waals surface area contributed by atoms with Gasteiger partial charge in [0.2, 0.25) is 10.0 Å². The zero-order valence-electron chi connectivity index (χ0n) is 16.1. The summed E-state index contributed by atoms with van der Waals surface area (Å²) >= 11 is 3.16. The van der Waals surface area contributed by atoms with Crippen LogP contribution in [-0.4, -0.2) is 25.9 Å². The molecule has 0 bridgehead atoms. The van der Waals surface area contributed by atoms with E-state index in [1.807, 2.05) is 29.8 Å². The third-order valence-corrected chi connectivity index (χ3v) is 7.53. The molecule has 6 nitrogen and oxygen atoms in total. The number of hydrogen-bond acceptors (Lipinski definition) is 6. The predicted molar refractivity (Wildman–Crippen MR) is 117 cm³/mol. The number of nitrogens with zero attached hydrogens (tertiary/aromatic N) is 1. The predicted octanol–water partition coefficient (Wildman–Crippen LogP) is 3.74. The minimum atomic E-state index is -3.61. The van der Waals surface area contributed by atoms with Crippen LogP contribution >= 0.6 is 22.7 Å². The molecular formula is C20H23N3O3S3. The molecule has 0 saturated carbocycles. The molecule has 0 spiro atoms. The topological polar surface area (TPSA) is 88.2 Å². The summed E-state index contributed by atoms with van der Waals surface area (Å²) in [6.07, 6.45) is 2.74. The van der Waals surface area contributed by atoms with E-state index in [-0.39, 0.29) is 17.3 Å². The zero-order valence-corrected chi connectivity index (χ0v) is 18.5. The van der Waals surface area contributed by atoms with Crippen molar-refractivity contribution in [1.29, 1.82) is 0 Å². The zero-order chi connectivity index (χ0) is 20.7. The Morgan fingerprint density at radius 1 is 1.10 bits per heavy atom. The highest BCUT2D eigenvalue weighted by Gasteiger charge is 2.15. The summed E-state index contributed by atoms with van der Waals surface area (Å²) < 4.78 is 27.3. The molecular weight excluding hydrogens is 426 g/mol. The first-order valence-corrected chi connectivity index (χ1v) is 12.5. The second kappa shape index (κ2) is 10.1. The molecule has 154 valence electrons. The Kier molecular flexibility index (Phi) is 7.54. The number of aromatic nitrogens is 1. The molecule has 0 radical (unpaired) electrons. The van der Waals surface area contributed by atoms with Crippen molar-refractivity contribution >= 4 is 38.6 Å². The van der Waals surface area contributed by atoms with Crippen LogP contribution in [-0.2, 0) is 23.0 Å². The van der Waals surface area contributed by atoms with E-state index in [1.54, 1.807) is 11.3 Å². The minimum absolute atomic E-state index is 0.143. The molecule has 0 unspecified atom stereocenters. The van der Waals surface area contributed by atoms with Crippen LogP contribution < -0.4 is 10.0 Å². The Morgan fingerprint density at radius 3 is 2.55 bits per heavy atom.